The van der Waals surface area contributed by atoms with Crippen LogP contribution in [-0.2, 0) is 10.0 Å². The lowest BCUT2D eigenvalue weighted by Crippen LogP contribution is -2.10. The number of aromatic nitrogens is 1. The highest BCUT2D eigenvalue weighted by Gasteiger charge is 2.20. The number of carboxylic acids is 1. The van der Waals surface area contributed by atoms with E-state index < -0.39 is 16.0 Å². The van der Waals surface area contributed by atoms with E-state index in [0.717, 1.165) is 0 Å². The molecule has 7 nitrogen and oxygen atoms in total. The van der Waals surface area contributed by atoms with Crippen LogP contribution >= 0.6 is 11.3 Å². The van der Waals surface area contributed by atoms with Crippen molar-refractivity contribution >= 4 is 33.2 Å². The molecule has 96 valence electrons. The summed E-state index contributed by atoms with van der Waals surface area (Å²) >= 11 is 0.662. The van der Waals surface area contributed by atoms with Gasteiger partial charge in [0.25, 0.3) is 10.0 Å². The Balaban J connectivity index is 2.27. The Morgan fingerprint density at radius 2 is 2.22 bits per heavy atom. The minimum absolute atomic E-state index is 0.0159. The van der Waals surface area contributed by atoms with Gasteiger partial charge in [0.2, 0.25) is 5.88 Å². The zero-order valence-electron chi connectivity index (χ0n) is 9.08. The molecule has 18 heavy (non-hydrogen) atoms. The Morgan fingerprint density at radius 3 is 2.72 bits per heavy atom. The summed E-state index contributed by atoms with van der Waals surface area (Å²) in [4.78, 5) is 10.6. The standard InChI is InChI=1S/C9H8N2O5S2/c1-5-4-7(16-10-5)11-18(14,15)8-3-2-6(17-8)9(12)13/h2-4,11H,1H3,(H,12,13). The Bertz CT molecular complexity index is 685. The number of nitrogens with one attached hydrogen (secondary N) is 1. The molecule has 2 rings (SSSR count). The molecule has 2 heterocycles. The summed E-state index contributed by atoms with van der Waals surface area (Å²) in [5.41, 5.74) is 0.533. The van der Waals surface area contributed by atoms with Crippen molar-refractivity contribution in [3.63, 3.8) is 0 Å². The second kappa shape index (κ2) is 4.42. The summed E-state index contributed by atoms with van der Waals surface area (Å²) < 4.78 is 30.5. The van der Waals surface area contributed by atoms with Crippen LogP contribution in [0.2, 0.25) is 0 Å². The summed E-state index contributed by atoms with van der Waals surface area (Å²) in [6.45, 7) is 1.65. The van der Waals surface area contributed by atoms with Gasteiger partial charge >= 0.3 is 5.97 Å². The topological polar surface area (TPSA) is 110 Å². The number of aryl methyl sites for hydroxylation is 1. The van der Waals surface area contributed by atoms with E-state index in [-0.39, 0.29) is 15.0 Å². The van der Waals surface area contributed by atoms with Crippen molar-refractivity contribution in [1.82, 2.24) is 5.16 Å². The molecule has 0 aromatic carbocycles. The predicted molar refractivity (Wildman–Crippen MR) is 63.3 cm³/mol. The summed E-state index contributed by atoms with van der Waals surface area (Å²) in [7, 11) is -3.84. The number of aromatic carboxylic acids is 1. The average molecular weight is 288 g/mol. The van der Waals surface area contributed by atoms with E-state index in [2.05, 4.69) is 9.88 Å². The molecule has 0 atom stereocenters. The summed E-state index contributed by atoms with van der Waals surface area (Å²) in [5, 5.41) is 12.3. The van der Waals surface area contributed by atoms with Crippen molar-refractivity contribution in [3.05, 3.63) is 28.8 Å². The normalized spacial score (nSPS) is 11.4. The fraction of sp³-hybridized carbons (Fsp3) is 0.111. The van der Waals surface area contributed by atoms with E-state index in [4.69, 9.17) is 9.63 Å². The van der Waals surface area contributed by atoms with Crippen LogP contribution in [0.25, 0.3) is 0 Å². The number of anilines is 1. The van der Waals surface area contributed by atoms with E-state index in [1.807, 2.05) is 0 Å². The highest BCUT2D eigenvalue weighted by molar-refractivity contribution is 7.94. The van der Waals surface area contributed by atoms with Crippen molar-refractivity contribution < 1.29 is 22.8 Å². The first kappa shape index (κ1) is 12.6. The number of thiophene rings is 1. The van der Waals surface area contributed by atoms with Gasteiger partial charge in [-0.05, 0) is 19.1 Å². The van der Waals surface area contributed by atoms with E-state index in [1.54, 1.807) is 6.92 Å². The number of nitrogens with zero attached hydrogens (tertiary/aromatic N) is 1. The Morgan fingerprint density at radius 1 is 1.50 bits per heavy atom. The van der Waals surface area contributed by atoms with Crippen LogP contribution in [0.1, 0.15) is 15.4 Å². The molecule has 0 fully saturated rings. The lowest BCUT2D eigenvalue weighted by Gasteiger charge is -2.00. The smallest absolute Gasteiger partial charge is 0.345 e. The Kier molecular flexibility index (Phi) is 3.09. The van der Waals surface area contributed by atoms with E-state index in [9.17, 15) is 13.2 Å². The first-order valence-corrected chi connectivity index (χ1v) is 6.98. The number of carbonyl (C=O) groups is 1. The van der Waals surface area contributed by atoms with Crippen LogP contribution in [0.3, 0.4) is 0 Å². The molecule has 2 aromatic rings. The van der Waals surface area contributed by atoms with Crippen molar-refractivity contribution in [2.24, 2.45) is 0 Å². The first-order valence-electron chi connectivity index (χ1n) is 4.68. The van der Waals surface area contributed by atoms with Gasteiger partial charge in [0.1, 0.15) is 9.09 Å². The van der Waals surface area contributed by atoms with Gasteiger partial charge in [-0.2, -0.15) is 0 Å². The molecule has 2 aromatic heterocycles. The quantitative estimate of drug-likeness (QED) is 0.883. The highest BCUT2D eigenvalue weighted by atomic mass is 32.2. The molecule has 0 spiro atoms. The third-order valence-electron chi connectivity index (χ3n) is 1.92. The predicted octanol–water partition coefficient (Wildman–Crippen LogP) is 1.54. The number of hydrogen-bond acceptors (Lipinski definition) is 6. The maximum Gasteiger partial charge on any atom is 0.345 e. The van der Waals surface area contributed by atoms with Crippen LogP contribution in [0.5, 0.6) is 0 Å². The van der Waals surface area contributed by atoms with E-state index in [1.165, 1.54) is 18.2 Å². The Labute approximate surface area is 106 Å². The molecule has 0 saturated carbocycles. The SMILES string of the molecule is Cc1cc(NS(=O)(=O)c2ccc(C(=O)O)s2)on1. The first-order chi connectivity index (χ1) is 8.38. The molecular weight excluding hydrogens is 280 g/mol. The number of carboxylic acid groups (broad SMARTS) is 1. The third kappa shape index (κ3) is 2.51. The molecule has 0 radical (unpaired) electrons. The molecule has 2 N–H and O–H groups in total. The van der Waals surface area contributed by atoms with Crippen LogP contribution in [0.4, 0.5) is 5.88 Å². The van der Waals surface area contributed by atoms with Crippen molar-refractivity contribution in [3.8, 4) is 0 Å². The molecule has 9 heteroatoms. The van der Waals surface area contributed by atoms with Gasteiger partial charge in [-0.15, -0.1) is 11.3 Å². The third-order valence-corrected chi connectivity index (χ3v) is 4.83. The second-order valence-corrected chi connectivity index (χ2v) is 6.35. The number of rotatable bonds is 4. The van der Waals surface area contributed by atoms with Crippen molar-refractivity contribution in [2.75, 3.05) is 4.72 Å². The largest absolute Gasteiger partial charge is 0.477 e. The monoisotopic (exact) mass is 288 g/mol. The summed E-state index contributed by atoms with van der Waals surface area (Å²) in [5.74, 6) is -1.19. The van der Waals surface area contributed by atoms with Gasteiger partial charge in [0.05, 0.1) is 5.69 Å². The van der Waals surface area contributed by atoms with Crippen molar-refractivity contribution in [1.29, 1.82) is 0 Å². The van der Waals surface area contributed by atoms with Crippen LogP contribution in [0.15, 0.2) is 26.9 Å². The van der Waals surface area contributed by atoms with Gasteiger partial charge < -0.3 is 9.63 Å². The minimum atomic E-state index is -3.84. The van der Waals surface area contributed by atoms with Crippen LogP contribution in [0, 0.1) is 6.92 Å². The van der Waals surface area contributed by atoms with E-state index in [0.29, 0.717) is 17.0 Å². The van der Waals surface area contributed by atoms with Crippen molar-refractivity contribution in [2.45, 2.75) is 11.1 Å². The fourth-order valence-electron chi connectivity index (χ4n) is 1.17. The zero-order valence-corrected chi connectivity index (χ0v) is 10.7. The van der Waals surface area contributed by atoms with Gasteiger partial charge in [-0.3, -0.25) is 0 Å². The van der Waals surface area contributed by atoms with Gasteiger partial charge in [-0.25, -0.2) is 17.9 Å². The number of hydrogen-bond donors (Lipinski definition) is 2. The second-order valence-electron chi connectivity index (χ2n) is 3.36. The van der Waals surface area contributed by atoms with Gasteiger partial charge in [0.15, 0.2) is 0 Å². The molecule has 0 aliphatic rings. The lowest BCUT2D eigenvalue weighted by molar-refractivity contribution is 0.0702. The Hall–Kier alpha value is -1.87. The fourth-order valence-corrected chi connectivity index (χ4v) is 3.29. The molecule has 0 amide bonds. The number of sulfonamides is 1. The molecule has 0 aliphatic carbocycles. The summed E-state index contributed by atoms with van der Waals surface area (Å²) in [6, 6.07) is 3.87. The van der Waals surface area contributed by atoms with Crippen LogP contribution in [-0.4, -0.2) is 24.7 Å². The highest BCUT2D eigenvalue weighted by Crippen LogP contribution is 2.24. The molecule has 0 unspecified atom stereocenters. The molecule has 0 saturated heterocycles. The molecule has 0 bridgehead atoms. The molecular formula is C9H8N2O5S2. The van der Waals surface area contributed by atoms with Gasteiger partial charge in [-0.1, -0.05) is 5.16 Å². The van der Waals surface area contributed by atoms with E-state index >= 15 is 0 Å². The van der Waals surface area contributed by atoms with Crippen LogP contribution < -0.4 is 4.72 Å². The minimum Gasteiger partial charge on any atom is -0.477 e. The zero-order chi connectivity index (χ0) is 13.3. The van der Waals surface area contributed by atoms with Gasteiger partial charge in [0, 0.05) is 6.07 Å². The maximum atomic E-state index is 11.9. The average Bonchev–Trinajstić information content (AvgIpc) is 2.86. The lowest BCUT2D eigenvalue weighted by atomic mass is 10.5. The summed E-state index contributed by atoms with van der Waals surface area (Å²) in [6.07, 6.45) is 0. The maximum absolute atomic E-state index is 11.9. The molecule has 0 aliphatic heterocycles.